The lowest BCUT2D eigenvalue weighted by Crippen LogP contribution is -2.44. The van der Waals surface area contributed by atoms with Gasteiger partial charge in [-0.2, -0.15) is 0 Å². The average Bonchev–Trinajstić information content (AvgIpc) is 2.99. The molecule has 2 atom stereocenters. The molecule has 0 radical (unpaired) electrons. The normalized spacial score (nSPS) is 22.3. The topological polar surface area (TPSA) is 77.1 Å². The van der Waals surface area contributed by atoms with Crippen LogP contribution in [0.1, 0.15) is 37.6 Å². The van der Waals surface area contributed by atoms with Gasteiger partial charge in [-0.05, 0) is 24.2 Å². The molecule has 1 aromatic carbocycles. The summed E-state index contributed by atoms with van der Waals surface area (Å²) in [4.78, 5) is 27.7. The zero-order valence-corrected chi connectivity index (χ0v) is 18.7. The second-order valence-electron chi connectivity index (χ2n) is 8.95. The second-order valence-corrected chi connectivity index (χ2v) is 13.7. The molecule has 8 heteroatoms. The fourth-order valence-electron chi connectivity index (χ4n) is 3.48. The van der Waals surface area contributed by atoms with Crippen LogP contribution in [0.25, 0.3) is 0 Å². The van der Waals surface area contributed by atoms with Gasteiger partial charge in [0.25, 0.3) is 5.91 Å². The van der Waals surface area contributed by atoms with Gasteiger partial charge in [0.1, 0.15) is 6.04 Å². The van der Waals surface area contributed by atoms with Crippen molar-refractivity contribution in [3.8, 4) is 11.5 Å². The first kappa shape index (κ1) is 20.7. The maximum Gasteiger partial charge on any atom is 0.256 e. The summed E-state index contributed by atoms with van der Waals surface area (Å²) in [5.41, 5.74) is 0.852. The van der Waals surface area contributed by atoms with Gasteiger partial charge in [-0.3, -0.25) is 9.59 Å². The summed E-state index contributed by atoms with van der Waals surface area (Å²) < 4.78 is 17.1. The molecule has 2 heterocycles. The third kappa shape index (κ3) is 3.51. The average molecular weight is 407 g/mol. The number of fused-ring (bicyclic) bond motifs is 2. The molecule has 1 saturated heterocycles. The Kier molecular flexibility index (Phi) is 5.22. The molecular formula is C20H30N2O5Si. The predicted molar refractivity (Wildman–Crippen MR) is 110 cm³/mol. The van der Waals surface area contributed by atoms with Gasteiger partial charge >= 0.3 is 0 Å². The zero-order chi connectivity index (χ0) is 20.9. The lowest BCUT2D eigenvalue weighted by Gasteiger charge is -2.38. The minimum absolute atomic E-state index is 0.0653. The Bertz CT molecular complexity index is 803. The van der Waals surface area contributed by atoms with E-state index in [4.69, 9.17) is 13.9 Å². The SMILES string of the molecule is COc1cc2c(cc1OC)C(=O)N1C[C@H](O[Si](C)(C)C(C)(C)C)C[C@H]1C(=O)N2. The first-order valence-electron chi connectivity index (χ1n) is 9.54. The molecule has 2 amide bonds. The van der Waals surface area contributed by atoms with E-state index < -0.39 is 14.4 Å². The van der Waals surface area contributed by atoms with Gasteiger partial charge in [0.05, 0.1) is 31.6 Å². The van der Waals surface area contributed by atoms with Crippen LogP contribution in [0.3, 0.4) is 0 Å². The molecule has 0 bridgehead atoms. The molecule has 0 aliphatic carbocycles. The van der Waals surface area contributed by atoms with Gasteiger partial charge < -0.3 is 24.1 Å². The summed E-state index contributed by atoms with van der Waals surface area (Å²) in [6.07, 6.45) is 0.370. The highest BCUT2D eigenvalue weighted by atomic mass is 28.4. The van der Waals surface area contributed by atoms with Crippen LogP contribution >= 0.6 is 0 Å². The first-order chi connectivity index (χ1) is 13.0. The van der Waals surface area contributed by atoms with Gasteiger partial charge in [0.2, 0.25) is 5.91 Å². The highest BCUT2D eigenvalue weighted by Gasteiger charge is 2.47. The van der Waals surface area contributed by atoms with Crippen molar-refractivity contribution in [3.63, 3.8) is 0 Å². The van der Waals surface area contributed by atoms with Crippen LogP contribution in [0.5, 0.6) is 11.5 Å². The van der Waals surface area contributed by atoms with Crippen molar-refractivity contribution in [2.24, 2.45) is 0 Å². The quantitative estimate of drug-likeness (QED) is 0.777. The third-order valence-electron chi connectivity index (χ3n) is 6.11. The molecule has 1 N–H and O–H groups in total. The summed E-state index contributed by atoms with van der Waals surface area (Å²) in [5, 5.41) is 2.95. The Labute approximate surface area is 167 Å². The van der Waals surface area contributed by atoms with Crippen LogP contribution in [0.2, 0.25) is 18.1 Å². The fourth-order valence-corrected chi connectivity index (χ4v) is 4.84. The molecule has 1 aromatic rings. The van der Waals surface area contributed by atoms with Crippen molar-refractivity contribution in [2.75, 3.05) is 26.1 Å². The summed E-state index contributed by atoms with van der Waals surface area (Å²) in [5.74, 6) is 0.535. The Hall–Kier alpha value is -2.06. The Balaban J connectivity index is 1.90. The minimum atomic E-state index is -2.00. The van der Waals surface area contributed by atoms with E-state index >= 15 is 0 Å². The molecule has 2 aliphatic rings. The number of rotatable bonds is 4. The smallest absolute Gasteiger partial charge is 0.256 e. The lowest BCUT2D eigenvalue weighted by molar-refractivity contribution is -0.119. The molecule has 7 nitrogen and oxygen atoms in total. The fraction of sp³-hybridized carbons (Fsp3) is 0.600. The van der Waals surface area contributed by atoms with Crippen molar-refractivity contribution in [1.29, 1.82) is 0 Å². The van der Waals surface area contributed by atoms with Crippen molar-refractivity contribution in [1.82, 2.24) is 4.90 Å². The van der Waals surface area contributed by atoms with E-state index in [1.165, 1.54) is 14.2 Å². The van der Waals surface area contributed by atoms with E-state index in [9.17, 15) is 9.59 Å². The van der Waals surface area contributed by atoms with Gasteiger partial charge in [-0.15, -0.1) is 0 Å². The first-order valence-corrected chi connectivity index (χ1v) is 12.4. The molecule has 154 valence electrons. The minimum Gasteiger partial charge on any atom is -0.493 e. The molecule has 3 rings (SSSR count). The largest absolute Gasteiger partial charge is 0.493 e. The Morgan fingerprint density at radius 2 is 1.71 bits per heavy atom. The lowest BCUT2D eigenvalue weighted by atomic mass is 10.1. The highest BCUT2D eigenvalue weighted by molar-refractivity contribution is 6.74. The number of ether oxygens (including phenoxy) is 2. The second kappa shape index (κ2) is 7.08. The van der Waals surface area contributed by atoms with Crippen molar-refractivity contribution < 1.29 is 23.5 Å². The van der Waals surface area contributed by atoms with Crippen molar-refractivity contribution >= 4 is 25.8 Å². The van der Waals surface area contributed by atoms with Gasteiger partial charge in [0, 0.05) is 19.0 Å². The summed E-state index contributed by atoms with van der Waals surface area (Å²) in [6.45, 7) is 11.3. The van der Waals surface area contributed by atoms with Crippen LogP contribution in [-0.2, 0) is 9.22 Å². The highest BCUT2D eigenvalue weighted by Crippen LogP contribution is 2.41. The molecule has 2 aliphatic heterocycles. The number of amides is 2. The molecule has 0 unspecified atom stereocenters. The zero-order valence-electron chi connectivity index (χ0n) is 17.7. The summed E-state index contributed by atoms with van der Waals surface area (Å²) >= 11 is 0. The monoisotopic (exact) mass is 406 g/mol. The predicted octanol–water partition coefficient (Wildman–Crippen LogP) is 3.26. The maximum atomic E-state index is 13.2. The number of hydrogen-bond donors (Lipinski definition) is 1. The Morgan fingerprint density at radius 1 is 1.11 bits per heavy atom. The molecule has 1 fully saturated rings. The van der Waals surface area contributed by atoms with E-state index in [1.54, 1.807) is 17.0 Å². The maximum absolute atomic E-state index is 13.2. The van der Waals surface area contributed by atoms with Crippen LogP contribution in [0, 0.1) is 0 Å². The van der Waals surface area contributed by atoms with E-state index in [1.807, 2.05) is 0 Å². The molecule has 28 heavy (non-hydrogen) atoms. The van der Waals surface area contributed by atoms with E-state index in [0.29, 0.717) is 35.7 Å². The number of carbonyl (C=O) groups excluding carboxylic acids is 2. The van der Waals surface area contributed by atoms with E-state index in [-0.39, 0.29) is 23.0 Å². The number of nitrogens with one attached hydrogen (secondary N) is 1. The van der Waals surface area contributed by atoms with Gasteiger partial charge in [-0.1, -0.05) is 20.8 Å². The standard InChI is InChI=1S/C20H30N2O5Si/c1-20(2,3)28(6,7)27-12-8-15-18(23)21-14-10-17(26-5)16(25-4)9-13(14)19(24)22(15)11-12/h9-10,12,15H,8,11H2,1-7H3,(H,21,23)/t12-,15+/m1/s1. The van der Waals surface area contributed by atoms with Crippen LogP contribution < -0.4 is 14.8 Å². The number of carbonyl (C=O) groups is 2. The number of nitrogens with zero attached hydrogens (tertiary/aromatic N) is 1. The van der Waals surface area contributed by atoms with E-state index in [0.717, 1.165) is 0 Å². The van der Waals surface area contributed by atoms with Crippen LogP contribution in [-0.4, -0.2) is 57.9 Å². The molecule has 0 saturated carbocycles. The number of benzene rings is 1. The van der Waals surface area contributed by atoms with E-state index in [2.05, 4.69) is 39.2 Å². The van der Waals surface area contributed by atoms with Gasteiger partial charge in [-0.25, -0.2) is 0 Å². The molecule has 0 aromatic heterocycles. The van der Waals surface area contributed by atoms with Crippen molar-refractivity contribution in [2.45, 2.75) is 57.5 Å². The third-order valence-corrected chi connectivity index (χ3v) is 10.6. The number of anilines is 1. The summed E-state index contributed by atoms with van der Waals surface area (Å²) in [6, 6.07) is 2.73. The van der Waals surface area contributed by atoms with Crippen LogP contribution in [0.15, 0.2) is 12.1 Å². The van der Waals surface area contributed by atoms with Crippen LogP contribution in [0.4, 0.5) is 5.69 Å². The number of methoxy groups -OCH3 is 2. The Morgan fingerprint density at radius 3 is 2.29 bits per heavy atom. The summed E-state index contributed by atoms with van der Waals surface area (Å²) in [7, 11) is 1.04. The van der Waals surface area contributed by atoms with Gasteiger partial charge in [0.15, 0.2) is 19.8 Å². The van der Waals surface area contributed by atoms with Crippen molar-refractivity contribution in [3.05, 3.63) is 17.7 Å². The molecular weight excluding hydrogens is 376 g/mol. The number of hydrogen-bond acceptors (Lipinski definition) is 5. The molecule has 0 spiro atoms.